The van der Waals surface area contributed by atoms with Crippen molar-refractivity contribution in [3.8, 4) is 0 Å². The van der Waals surface area contributed by atoms with E-state index in [0.29, 0.717) is 23.5 Å². The maximum absolute atomic E-state index is 13.1. The first-order chi connectivity index (χ1) is 11.4. The van der Waals surface area contributed by atoms with Gasteiger partial charge in [0.05, 0.1) is 11.4 Å². The number of hydrogen-bond acceptors (Lipinski definition) is 3. The lowest BCUT2D eigenvalue weighted by atomic mass is 10.1. The van der Waals surface area contributed by atoms with E-state index in [1.807, 2.05) is 31.2 Å². The minimum Gasteiger partial charge on any atom is -0.397 e. The van der Waals surface area contributed by atoms with Crippen LogP contribution in [-0.2, 0) is 6.42 Å². The molecule has 0 heterocycles. The predicted molar refractivity (Wildman–Crippen MR) is 102 cm³/mol. The van der Waals surface area contributed by atoms with E-state index >= 15 is 0 Å². The smallest absolute Gasteiger partial charge is 0.258 e. The average Bonchev–Trinajstić information content (AvgIpc) is 2.57. The number of carbonyl (C=O) groups excluding carboxylic acids is 1. The van der Waals surface area contributed by atoms with Gasteiger partial charge in [0.2, 0.25) is 0 Å². The molecule has 0 bridgehead atoms. The van der Waals surface area contributed by atoms with Gasteiger partial charge in [-0.2, -0.15) is 0 Å². The maximum Gasteiger partial charge on any atom is 0.258 e. The van der Waals surface area contributed by atoms with Gasteiger partial charge in [-0.05, 0) is 49.6 Å². The molecule has 0 saturated carbocycles. The molecule has 0 radical (unpaired) electrons. The second-order valence-corrected chi connectivity index (χ2v) is 5.99. The average molecular weight is 323 g/mol. The highest BCUT2D eigenvalue weighted by Gasteiger charge is 2.20. The topological polar surface area (TPSA) is 72.3 Å². The number of benzene rings is 2. The fourth-order valence-electron chi connectivity index (χ4n) is 2.57. The molecule has 2 aromatic carbocycles. The van der Waals surface area contributed by atoms with Crippen LogP contribution >= 0.6 is 0 Å². The van der Waals surface area contributed by atoms with E-state index in [2.05, 4.69) is 13.5 Å². The van der Waals surface area contributed by atoms with Crippen LogP contribution in [0.4, 0.5) is 17.1 Å². The molecule has 0 aromatic heterocycles. The number of nitrogens with two attached hydrogens (primary N) is 2. The van der Waals surface area contributed by atoms with Crippen molar-refractivity contribution in [3.05, 3.63) is 65.7 Å². The van der Waals surface area contributed by atoms with Crippen molar-refractivity contribution in [3.63, 3.8) is 0 Å². The summed E-state index contributed by atoms with van der Waals surface area (Å²) in [6.45, 7) is 8.58. The number of amides is 1. The van der Waals surface area contributed by atoms with Gasteiger partial charge in [-0.25, -0.2) is 0 Å². The molecule has 1 amide bonds. The maximum atomic E-state index is 13.1. The molecule has 4 N–H and O–H groups in total. The number of carbonyl (C=O) groups is 1. The van der Waals surface area contributed by atoms with Crippen LogP contribution in [0.1, 0.15) is 36.2 Å². The van der Waals surface area contributed by atoms with Crippen molar-refractivity contribution >= 4 is 23.0 Å². The molecular formula is C20H25N3O. The van der Waals surface area contributed by atoms with Crippen LogP contribution < -0.4 is 16.4 Å². The monoisotopic (exact) mass is 323 g/mol. The Bertz CT molecular complexity index is 752. The largest absolute Gasteiger partial charge is 0.397 e. The van der Waals surface area contributed by atoms with Gasteiger partial charge in [-0.15, -0.1) is 6.58 Å². The van der Waals surface area contributed by atoms with E-state index in [9.17, 15) is 4.79 Å². The highest BCUT2D eigenvalue weighted by Crippen LogP contribution is 2.25. The van der Waals surface area contributed by atoms with Crippen molar-refractivity contribution in [2.45, 2.75) is 26.7 Å². The number of nitrogens with zero attached hydrogens (tertiary/aromatic N) is 1. The van der Waals surface area contributed by atoms with E-state index in [1.165, 1.54) is 0 Å². The number of anilines is 3. The molecule has 126 valence electrons. The summed E-state index contributed by atoms with van der Waals surface area (Å²) in [5, 5.41) is 0. The van der Waals surface area contributed by atoms with Crippen LogP contribution in [0.15, 0.2) is 54.6 Å². The predicted octanol–water partition coefficient (Wildman–Crippen LogP) is 4.03. The second-order valence-electron chi connectivity index (χ2n) is 5.99. The van der Waals surface area contributed by atoms with Crippen molar-refractivity contribution < 1.29 is 4.79 Å². The van der Waals surface area contributed by atoms with Crippen molar-refractivity contribution in [2.75, 3.05) is 22.9 Å². The first-order valence-corrected chi connectivity index (χ1v) is 8.13. The normalized spacial score (nSPS) is 10.4. The first-order valence-electron chi connectivity index (χ1n) is 8.13. The summed E-state index contributed by atoms with van der Waals surface area (Å²) in [6, 6.07) is 13.0. The summed E-state index contributed by atoms with van der Waals surface area (Å²) in [5.74, 6) is -0.0798. The van der Waals surface area contributed by atoms with E-state index in [0.717, 1.165) is 29.7 Å². The number of rotatable bonds is 6. The highest BCUT2D eigenvalue weighted by molar-refractivity contribution is 6.07. The van der Waals surface area contributed by atoms with E-state index in [4.69, 9.17) is 11.5 Å². The Hall–Kier alpha value is -2.75. The van der Waals surface area contributed by atoms with Crippen molar-refractivity contribution in [1.29, 1.82) is 0 Å². The Kier molecular flexibility index (Phi) is 5.64. The van der Waals surface area contributed by atoms with Crippen LogP contribution in [0.25, 0.3) is 0 Å². The summed E-state index contributed by atoms with van der Waals surface area (Å²) in [7, 11) is 0. The van der Waals surface area contributed by atoms with E-state index in [-0.39, 0.29) is 5.91 Å². The fraction of sp³-hybridized carbons (Fsp3) is 0.250. The third-order valence-corrected chi connectivity index (χ3v) is 4.00. The van der Waals surface area contributed by atoms with Crippen LogP contribution in [0.3, 0.4) is 0 Å². The second kappa shape index (κ2) is 7.68. The lowest BCUT2D eigenvalue weighted by Gasteiger charge is -2.25. The molecule has 0 spiro atoms. The van der Waals surface area contributed by atoms with Gasteiger partial charge in [0.1, 0.15) is 0 Å². The number of hydrogen-bond donors (Lipinski definition) is 2. The fourth-order valence-corrected chi connectivity index (χ4v) is 2.57. The quantitative estimate of drug-likeness (QED) is 0.623. The number of nitrogen functional groups attached to an aromatic ring is 2. The van der Waals surface area contributed by atoms with Crippen molar-refractivity contribution in [1.82, 2.24) is 0 Å². The molecule has 2 aromatic rings. The molecule has 0 fully saturated rings. The molecule has 2 rings (SSSR count). The third kappa shape index (κ3) is 3.96. The highest BCUT2D eigenvalue weighted by atomic mass is 16.2. The summed E-state index contributed by atoms with van der Waals surface area (Å²) < 4.78 is 0. The molecule has 0 aliphatic rings. The molecule has 0 saturated heterocycles. The van der Waals surface area contributed by atoms with E-state index < -0.39 is 0 Å². The summed E-state index contributed by atoms with van der Waals surface area (Å²) in [6.07, 6.45) is 1.60. The van der Waals surface area contributed by atoms with Crippen LogP contribution in [0, 0.1) is 0 Å². The van der Waals surface area contributed by atoms with E-state index in [1.54, 1.807) is 23.1 Å². The molecule has 0 aliphatic heterocycles. The minimum atomic E-state index is -0.0798. The number of aryl methyl sites for hydroxylation is 1. The Labute approximate surface area is 143 Å². The molecule has 4 heteroatoms. The van der Waals surface area contributed by atoms with Gasteiger partial charge in [0.25, 0.3) is 5.91 Å². The SMILES string of the molecule is C=C(C)CCN(C(=O)c1ccc(N)c(N)c1)c1ccccc1CC. The standard InChI is InChI=1S/C20H25N3O/c1-4-15-7-5-6-8-19(15)23(12-11-14(2)3)20(24)16-9-10-17(21)18(22)13-16/h5-10,13H,2,4,11-12,21-22H2,1,3H3. The third-order valence-electron chi connectivity index (χ3n) is 4.00. The summed E-state index contributed by atoms with van der Waals surface area (Å²) >= 11 is 0. The molecule has 0 atom stereocenters. The summed E-state index contributed by atoms with van der Waals surface area (Å²) in [5.41, 5.74) is 16.2. The lowest BCUT2D eigenvalue weighted by Crippen LogP contribution is -2.33. The number of para-hydroxylation sites is 1. The van der Waals surface area contributed by atoms with Gasteiger partial charge >= 0.3 is 0 Å². The van der Waals surface area contributed by atoms with Gasteiger partial charge in [-0.3, -0.25) is 4.79 Å². The lowest BCUT2D eigenvalue weighted by molar-refractivity contribution is 0.0987. The van der Waals surface area contributed by atoms with Crippen LogP contribution in [-0.4, -0.2) is 12.5 Å². The zero-order valence-electron chi connectivity index (χ0n) is 14.4. The molecule has 0 unspecified atom stereocenters. The molecule has 0 aliphatic carbocycles. The van der Waals surface area contributed by atoms with Crippen molar-refractivity contribution in [2.24, 2.45) is 0 Å². The minimum absolute atomic E-state index is 0.0798. The Morgan fingerprint density at radius 3 is 2.46 bits per heavy atom. The molecular weight excluding hydrogens is 298 g/mol. The van der Waals surface area contributed by atoms with Gasteiger partial charge in [-0.1, -0.05) is 30.7 Å². The zero-order valence-corrected chi connectivity index (χ0v) is 14.4. The zero-order chi connectivity index (χ0) is 17.7. The Morgan fingerprint density at radius 2 is 1.83 bits per heavy atom. The van der Waals surface area contributed by atoms with Gasteiger partial charge in [0, 0.05) is 17.8 Å². The Morgan fingerprint density at radius 1 is 1.12 bits per heavy atom. The van der Waals surface area contributed by atoms with Gasteiger partial charge < -0.3 is 16.4 Å². The van der Waals surface area contributed by atoms with Gasteiger partial charge in [0.15, 0.2) is 0 Å². The molecule has 4 nitrogen and oxygen atoms in total. The molecule has 24 heavy (non-hydrogen) atoms. The summed E-state index contributed by atoms with van der Waals surface area (Å²) in [4.78, 5) is 14.9. The van der Waals surface area contributed by atoms with Crippen LogP contribution in [0.5, 0.6) is 0 Å². The first kappa shape index (κ1) is 17.6. The Balaban J connectivity index is 2.43. The van der Waals surface area contributed by atoms with Crippen LogP contribution in [0.2, 0.25) is 0 Å².